The molecule has 0 saturated heterocycles. The third kappa shape index (κ3) is 3.90. The summed E-state index contributed by atoms with van der Waals surface area (Å²) in [5, 5.41) is 7.24. The molecule has 0 radical (unpaired) electrons. The van der Waals surface area contributed by atoms with Gasteiger partial charge in [-0.1, -0.05) is 19.9 Å². The van der Waals surface area contributed by atoms with Crippen molar-refractivity contribution in [2.75, 3.05) is 18.5 Å². The molecule has 6 rings (SSSR count). The molecule has 1 aromatic carbocycles. The van der Waals surface area contributed by atoms with E-state index in [1.165, 1.54) is 24.0 Å². The highest BCUT2D eigenvalue weighted by Crippen LogP contribution is 2.50. The summed E-state index contributed by atoms with van der Waals surface area (Å²) in [5.74, 6) is 1.19. The average molecular weight is 503 g/mol. The van der Waals surface area contributed by atoms with Crippen LogP contribution in [0.4, 0.5) is 16.0 Å². The monoisotopic (exact) mass is 502 g/mol. The number of fused-ring (bicyclic) bond motifs is 3. The fraction of sp³-hybridized carbons (Fsp3) is 0.444. The summed E-state index contributed by atoms with van der Waals surface area (Å²) in [6.45, 7) is 8.62. The molecule has 0 unspecified atom stereocenters. The molecule has 1 aliphatic heterocycles. The quantitative estimate of drug-likeness (QED) is 0.410. The maximum Gasteiger partial charge on any atom is 0.278 e. The van der Waals surface area contributed by atoms with Crippen LogP contribution < -0.4 is 16.2 Å². The second kappa shape index (κ2) is 8.44. The molecule has 1 fully saturated rings. The van der Waals surface area contributed by atoms with Crippen LogP contribution in [-0.2, 0) is 17.4 Å². The van der Waals surface area contributed by atoms with Crippen molar-refractivity contribution in [3.8, 4) is 5.82 Å². The van der Waals surface area contributed by atoms with Crippen LogP contribution in [0.3, 0.4) is 0 Å². The summed E-state index contributed by atoms with van der Waals surface area (Å²) < 4.78 is 17.0. The van der Waals surface area contributed by atoms with E-state index in [-0.39, 0.29) is 11.6 Å². The Kier molecular flexibility index (Phi) is 5.41. The van der Waals surface area contributed by atoms with Gasteiger partial charge in [-0.25, -0.2) is 24.3 Å². The zero-order chi connectivity index (χ0) is 25.9. The van der Waals surface area contributed by atoms with E-state index in [4.69, 9.17) is 4.98 Å². The predicted octanol–water partition coefficient (Wildman–Crippen LogP) is 4.08. The fourth-order valence-corrected chi connectivity index (χ4v) is 5.19. The molecule has 37 heavy (non-hydrogen) atoms. The Morgan fingerprint density at radius 1 is 1.19 bits per heavy atom. The lowest BCUT2D eigenvalue weighted by Crippen LogP contribution is -2.33. The largest absolute Gasteiger partial charge is 0.324 e. The van der Waals surface area contributed by atoms with E-state index in [1.54, 1.807) is 41.7 Å². The van der Waals surface area contributed by atoms with Gasteiger partial charge in [0.25, 0.3) is 5.56 Å². The number of hydrogen-bond acceptors (Lipinski definition) is 7. The molecule has 10 heteroatoms. The first-order valence-electron chi connectivity index (χ1n) is 12.7. The van der Waals surface area contributed by atoms with Gasteiger partial charge in [0.2, 0.25) is 5.95 Å². The van der Waals surface area contributed by atoms with Crippen LogP contribution in [0.2, 0.25) is 0 Å². The van der Waals surface area contributed by atoms with Crippen molar-refractivity contribution >= 4 is 22.7 Å². The van der Waals surface area contributed by atoms with Crippen molar-refractivity contribution in [3.63, 3.8) is 0 Å². The summed E-state index contributed by atoms with van der Waals surface area (Å²) in [7, 11) is 0. The maximum absolute atomic E-state index is 13.7. The van der Waals surface area contributed by atoms with Crippen LogP contribution in [0.15, 0.2) is 41.5 Å². The highest BCUT2D eigenvalue weighted by Gasteiger charge is 2.46. The van der Waals surface area contributed by atoms with Crippen molar-refractivity contribution < 1.29 is 4.39 Å². The summed E-state index contributed by atoms with van der Waals surface area (Å²) in [6.07, 6.45) is 5.60. The number of benzene rings is 1. The Morgan fingerprint density at radius 2 is 2.00 bits per heavy atom. The maximum atomic E-state index is 13.7. The van der Waals surface area contributed by atoms with Gasteiger partial charge in [0, 0.05) is 48.7 Å². The SMILES string of the molecule is CC(C)n1c(=O)c2cnc(Nc3ccc4c(c3)CNCC43CC3)nc2n1-c1ccnc(C(C)(C)CF)n1. The molecule has 4 heterocycles. The molecule has 9 nitrogen and oxygen atoms in total. The summed E-state index contributed by atoms with van der Waals surface area (Å²) in [6, 6.07) is 7.96. The molecule has 4 aromatic rings. The molecule has 1 saturated carbocycles. The minimum atomic E-state index is -0.857. The van der Waals surface area contributed by atoms with Crippen molar-refractivity contribution in [2.45, 2.75) is 64.0 Å². The number of nitrogens with one attached hydrogen (secondary N) is 2. The van der Waals surface area contributed by atoms with E-state index >= 15 is 0 Å². The first kappa shape index (κ1) is 23.7. The predicted molar refractivity (Wildman–Crippen MR) is 140 cm³/mol. The Hall–Kier alpha value is -3.66. The van der Waals surface area contributed by atoms with Crippen LogP contribution >= 0.6 is 0 Å². The Balaban J connectivity index is 1.44. The molecule has 2 N–H and O–H groups in total. The first-order chi connectivity index (χ1) is 17.7. The van der Waals surface area contributed by atoms with Gasteiger partial charge >= 0.3 is 0 Å². The van der Waals surface area contributed by atoms with Gasteiger partial charge in [-0.15, -0.1) is 0 Å². The van der Waals surface area contributed by atoms with Gasteiger partial charge in [-0.3, -0.25) is 9.18 Å². The minimum absolute atomic E-state index is 0.173. The lowest BCUT2D eigenvalue weighted by Gasteiger charge is -2.26. The minimum Gasteiger partial charge on any atom is -0.324 e. The molecular formula is C27H31FN8O. The van der Waals surface area contributed by atoms with E-state index in [0.29, 0.717) is 34.0 Å². The number of rotatable bonds is 6. The molecule has 3 aromatic heterocycles. The average Bonchev–Trinajstić information content (AvgIpc) is 3.59. The standard InChI is InChI=1S/C27H31FN8O/c1-16(2)35-23(37)19-13-31-25(32-18-5-6-20-17(11-18)12-29-15-27(20)8-9-27)34-22(19)36(35)21-7-10-30-24(33-21)26(3,4)14-28/h5-7,10-11,13,16,29H,8-9,12,14-15H2,1-4H3,(H,31,32,34). The van der Waals surface area contributed by atoms with Gasteiger partial charge in [0.15, 0.2) is 11.5 Å². The van der Waals surface area contributed by atoms with Gasteiger partial charge < -0.3 is 10.6 Å². The Bertz CT molecular complexity index is 1570. The summed E-state index contributed by atoms with van der Waals surface area (Å²) in [5.41, 5.74) is 3.29. The lowest BCUT2D eigenvalue weighted by molar-refractivity contribution is 0.336. The van der Waals surface area contributed by atoms with E-state index in [9.17, 15) is 9.18 Å². The zero-order valence-electron chi connectivity index (χ0n) is 21.5. The van der Waals surface area contributed by atoms with Crippen LogP contribution in [-0.4, -0.2) is 42.5 Å². The third-order valence-electron chi connectivity index (χ3n) is 7.47. The van der Waals surface area contributed by atoms with Crippen LogP contribution in [0.25, 0.3) is 16.9 Å². The Labute approximate surface area is 214 Å². The van der Waals surface area contributed by atoms with Crippen LogP contribution in [0.5, 0.6) is 0 Å². The van der Waals surface area contributed by atoms with Gasteiger partial charge in [-0.05, 0) is 49.9 Å². The summed E-state index contributed by atoms with van der Waals surface area (Å²) in [4.78, 5) is 31.5. The number of nitrogens with zero attached hydrogens (tertiary/aromatic N) is 6. The molecule has 2 aliphatic rings. The molecule has 0 bridgehead atoms. The Morgan fingerprint density at radius 3 is 2.73 bits per heavy atom. The molecule has 0 amide bonds. The number of alkyl halides is 1. The van der Waals surface area contributed by atoms with E-state index < -0.39 is 12.1 Å². The van der Waals surface area contributed by atoms with Crippen LogP contribution in [0.1, 0.15) is 63.5 Å². The number of aromatic nitrogens is 6. The first-order valence-corrected chi connectivity index (χ1v) is 12.7. The molecular weight excluding hydrogens is 471 g/mol. The van der Waals surface area contributed by atoms with E-state index in [0.717, 1.165) is 18.8 Å². The van der Waals surface area contributed by atoms with Crippen molar-refractivity contribution in [1.29, 1.82) is 0 Å². The van der Waals surface area contributed by atoms with Gasteiger partial charge in [-0.2, -0.15) is 4.98 Å². The number of anilines is 2. The topological polar surface area (TPSA) is 103 Å². The fourth-order valence-electron chi connectivity index (χ4n) is 5.19. The van der Waals surface area contributed by atoms with E-state index in [1.807, 2.05) is 13.8 Å². The lowest BCUT2D eigenvalue weighted by atomic mass is 9.88. The molecule has 0 atom stereocenters. The number of halogens is 1. The highest BCUT2D eigenvalue weighted by atomic mass is 19.1. The summed E-state index contributed by atoms with van der Waals surface area (Å²) >= 11 is 0. The molecule has 1 spiro atoms. The smallest absolute Gasteiger partial charge is 0.278 e. The van der Waals surface area contributed by atoms with Crippen molar-refractivity contribution in [3.05, 3.63) is 64.0 Å². The van der Waals surface area contributed by atoms with Gasteiger partial charge in [0.1, 0.15) is 17.9 Å². The van der Waals surface area contributed by atoms with E-state index in [2.05, 4.69) is 43.8 Å². The van der Waals surface area contributed by atoms with Crippen molar-refractivity contribution in [1.82, 2.24) is 34.6 Å². The highest BCUT2D eigenvalue weighted by molar-refractivity contribution is 5.77. The zero-order valence-corrected chi connectivity index (χ0v) is 21.5. The second-order valence-corrected chi connectivity index (χ2v) is 11.1. The second-order valence-electron chi connectivity index (χ2n) is 11.1. The normalized spacial score (nSPS) is 16.4. The third-order valence-corrected chi connectivity index (χ3v) is 7.47. The van der Waals surface area contributed by atoms with Gasteiger partial charge in [0.05, 0.1) is 5.41 Å². The molecule has 1 aliphatic carbocycles. The number of hydrogen-bond donors (Lipinski definition) is 2. The van der Waals surface area contributed by atoms with Crippen molar-refractivity contribution in [2.24, 2.45) is 0 Å². The molecule has 192 valence electrons. The van der Waals surface area contributed by atoms with Crippen LogP contribution in [0, 0.1) is 0 Å².